The van der Waals surface area contributed by atoms with Crippen molar-refractivity contribution in [2.75, 3.05) is 5.32 Å². The average Bonchev–Trinajstić information content (AvgIpc) is 2.78. The highest BCUT2D eigenvalue weighted by molar-refractivity contribution is 5.46. The molecule has 0 saturated carbocycles. The smallest absolute Gasteiger partial charge is 0.0415 e. The number of anilines is 1. The lowest BCUT2D eigenvalue weighted by atomic mass is 9.87. The van der Waals surface area contributed by atoms with E-state index in [1.807, 2.05) is 12.4 Å². The maximum absolute atomic E-state index is 3.41. The summed E-state index contributed by atoms with van der Waals surface area (Å²) in [6.07, 6.45) is 3.95. The predicted molar refractivity (Wildman–Crippen MR) is 73.3 cm³/mol. The summed E-state index contributed by atoms with van der Waals surface area (Å²) in [6, 6.07) is 10.8. The Morgan fingerprint density at radius 2 is 1.76 bits per heavy atom. The van der Waals surface area contributed by atoms with Gasteiger partial charge in [-0.05, 0) is 34.7 Å². The Morgan fingerprint density at radius 1 is 1.06 bits per heavy atom. The zero-order chi connectivity index (χ0) is 12.3. The number of aromatic amines is 1. The Labute approximate surface area is 103 Å². The molecule has 2 N–H and O–H groups in total. The highest BCUT2D eigenvalue weighted by Crippen LogP contribution is 2.23. The van der Waals surface area contributed by atoms with Crippen LogP contribution in [0.5, 0.6) is 0 Å². The first-order valence-corrected chi connectivity index (χ1v) is 6.02. The van der Waals surface area contributed by atoms with Gasteiger partial charge in [0.2, 0.25) is 0 Å². The number of hydrogen-bond donors (Lipinski definition) is 2. The van der Waals surface area contributed by atoms with E-state index in [1.165, 1.54) is 16.8 Å². The van der Waals surface area contributed by atoms with E-state index in [9.17, 15) is 0 Å². The van der Waals surface area contributed by atoms with Crippen LogP contribution in [0.1, 0.15) is 31.9 Å². The Hall–Kier alpha value is -1.70. The molecule has 90 valence electrons. The minimum atomic E-state index is 0.221. The maximum Gasteiger partial charge on any atom is 0.0415 e. The molecule has 2 nitrogen and oxygen atoms in total. The second-order valence-corrected chi connectivity index (χ2v) is 5.40. The molecule has 2 heteroatoms. The van der Waals surface area contributed by atoms with Crippen LogP contribution in [0.4, 0.5) is 5.69 Å². The van der Waals surface area contributed by atoms with Crippen molar-refractivity contribution in [1.29, 1.82) is 0 Å². The molecule has 0 aliphatic carbocycles. The summed E-state index contributed by atoms with van der Waals surface area (Å²) in [6.45, 7) is 7.55. The lowest BCUT2D eigenvalue weighted by molar-refractivity contribution is 0.590. The van der Waals surface area contributed by atoms with Gasteiger partial charge >= 0.3 is 0 Å². The highest BCUT2D eigenvalue weighted by atomic mass is 14.9. The van der Waals surface area contributed by atoms with E-state index in [4.69, 9.17) is 0 Å². The second kappa shape index (κ2) is 4.66. The Morgan fingerprint density at radius 3 is 2.29 bits per heavy atom. The first-order valence-electron chi connectivity index (χ1n) is 6.02. The number of nitrogens with one attached hydrogen (secondary N) is 2. The number of H-pyrrole nitrogens is 1. The lowest BCUT2D eigenvalue weighted by Gasteiger charge is -2.19. The fourth-order valence-corrected chi connectivity index (χ4v) is 1.76. The summed E-state index contributed by atoms with van der Waals surface area (Å²) >= 11 is 0. The summed E-state index contributed by atoms with van der Waals surface area (Å²) in [5.41, 5.74) is 4.02. The van der Waals surface area contributed by atoms with Crippen molar-refractivity contribution in [1.82, 2.24) is 4.98 Å². The SMILES string of the molecule is CC(C)(C)c1ccc(NCc2cc[nH]c2)cc1. The first-order chi connectivity index (χ1) is 8.05. The van der Waals surface area contributed by atoms with Gasteiger partial charge in [0, 0.05) is 24.6 Å². The molecule has 0 aliphatic rings. The van der Waals surface area contributed by atoms with Crippen LogP contribution in [-0.2, 0) is 12.0 Å². The third kappa shape index (κ3) is 3.13. The summed E-state index contributed by atoms with van der Waals surface area (Å²) in [5, 5.41) is 3.41. The number of benzene rings is 1. The van der Waals surface area contributed by atoms with Crippen LogP contribution in [-0.4, -0.2) is 4.98 Å². The molecule has 1 aromatic carbocycles. The number of rotatable bonds is 3. The maximum atomic E-state index is 3.41. The topological polar surface area (TPSA) is 27.8 Å². The molecule has 17 heavy (non-hydrogen) atoms. The van der Waals surface area contributed by atoms with E-state index < -0.39 is 0 Å². The van der Waals surface area contributed by atoms with Crippen LogP contribution in [0.2, 0.25) is 0 Å². The molecular formula is C15H20N2. The molecule has 0 saturated heterocycles. The van der Waals surface area contributed by atoms with E-state index in [0.29, 0.717) is 0 Å². The van der Waals surface area contributed by atoms with Crippen molar-refractivity contribution in [3.05, 3.63) is 53.9 Å². The van der Waals surface area contributed by atoms with Gasteiger partial charge in [-0.25, -0.2) is 0 Å². The first kappa shape index (κ1) is 11.8. The van der Waals surface area contributed by atoms with Crippen LogP contribution in [0.15, 0.2) is 42.7 Å². The Kier molecular flexibility index (Phi) is 3.23. The third-order valence-corrected chi connectivity index (χ3v) is 2.91. The van der Waals surface area contributed by atoms with Crippen LogP contribution >= 0.6 is 0 Å². The van der Waals surface area contributed by atoms with Gasteiger partial charge < -0.3 is 10.3 Å². The minimum Gasteiger partial charge on any atom is -0.381 e. The van der Waals surface area contributed by atoms with Crippen molar-refractivity contribution in [2.45, 2.75) is 32.7 Å². The fourth-order valence-electron chi connectivity index (χ4n) is 1.76. The predicted octanol–water partition coefficient (Wildman–Crippen LogP) is 3.92. The van der Waals surface area contributed by atoms with Crippen molar-refractivity contribution in [3.8, 4) is 0 Å². The minimum absolute atomic E-state index is 0.221. The molecule has 0 spiro atoms. The van der Waals surface area contributed by atoms with Crippen molar-refractivity contribution < 1.29 is 0 Å². The van der Waals surface area contributed by atoms with Crippen molar-refractivity contribution in [3.63, 3.8) is 0 Å². The largest absolute Gasteiger partial charge is 0.381 e. The van der Waals surface area contributed by atoms with Crippen LogP contribution in [0, 0.1) is 0 Å². The van der Waals surface area contributed by atoms with Gasteiger partial charge in [0.05, 0.1) is 0 Å². The van der Waals surface area contributed by atoms with Gasteiger partial charge in [0.15, 0.2) is 0 Å². The molecule has 1 aromatic heterocycles. The normalized spacial score (nSPS) is 11.5. The van der Waals surface area contributed by atoms with Gasteiger partial charge in [-0.3, -0.25) is 0 Å². The standard InChI is InChI=1S/C15H20N2/c1-15(2,3)13-4-6-14(7-5-13)17-11-12-8-9-16-10-12/h4-10,16-17H,11H2,1-3H3. The third-order valence-electron chi connectivity index (χ3n) is 2.91. The van der Waals surface area contributed by atoms with Gasteiger partial charge in [-0.15, -0.1) is 0 Å². The van der Waals surface area contributed by atoms with E-state index in [2.05, 4.69) is 61.4 Å². The van der Waals surface area contributed by atoms with Crippen LogP contribution in [0.25, 0.3) is 0 Å². The molecule has 1 heterocycles. The summed E-state index contributed by atoms with van der Waals surface area (Å²) in [4.78, 5) is 3.06. The van der Waals surface area contributed by atoms with E-state index in [-0.39, 0.29) is 5.41 Å². The Bertz CT molecular complexity index is 447. The number of aromatic nitrogens is 1. The van der Waals surface area contributed by atoms with Crippen molar-refractivity contribution >= 4 is 5.69 Å². The van der Waals surface area contributed by atoms with Crippen LogP contribution in [0.3, 0.4) is 0 Å². The van der Waals surface area contributed by atoms with Crippen molar-refractivity contribution in [2.24, 2.45) is 0 Å². The van der Waals surface area contributed by atoms with Gasteiger partial charge in [0.25, 0.3) is 0 Å². The zero-order valence-corrected chi connectivity index (χ0v) is 10.7. The fraction of sp³-hybridized carbons (Fsp3) is 0.333. The highest BCUT2D eigenvalue weighted by Gasteiger charge is 2.12. The Balaban J connectivity index is 1.99. The molecule has 2 rings (SSSR count). The monoisotopic (exact) mass is 228 g/mol. The van der Waals surface area contributed by atoms with Gasteiger partial charge in [-0.1, -0.05) is 32.9 Å². The molecule has 0 fully saturated rings. The van der Waals surface area contributed by atoms with Gasteiger partial charge in [-0.2, -0.15) is 0 Å². The van der Waals surface area contributed by atoms with Gasteiger partial charge in [0.1, 0.15) is 0 Å². The van der Waals surface area contributed by atoms with E-state index in [1.54, 1.807) is 0 Å². The second-order valence-electron chi connectivity index (χ2n) is 5.40. The summed E-state index contributed by atoms with van der Waals surface area (Å²) in [7, 11) is 0. The molecule has 0 aliphatic heterocycles. The summed E-state index contributed by atoms with van der Waals surface area (Å²) < 4.78 is 0. The molecule has 0 atom stereocenters. The lowest BCUT2D eigenvalue weighted by Crippen LogP contribution is -2.10. The molecule has 0 bridgehead atoms. The molecule has 2 aromatic rings. The van der Waals surface area contributed by atoms with Crippen LogP contribution < -0.4 is 5.32 Å². The molecular weight excluding hydrogens is 208 g/mol. The molecule has 0 radical (unpaired) electrons. The quantitative estimate of drug-likeness (QED) is 0.818. The molecule has 0 unspecified atom stereocenters. The zero-order valence-electron chi connectivity index (χ0n) is 10.7. The molecule has 0 amide bonds. The summed E-state index contributed by atoms with van der Waals surface area (Å²) in [5.74, 6) is 0. The van der Waals surface area contributed by atoms with E-state index >= 15 is 0 Å². The van der Waals surface area contributed by atoms with E-state index in [0.717, 1.165) is 6.54 Å². The average molecular weight is 228 g/mol. The number of hydrogen-bond acceptors (Lipinski definition) is 1.